The Morgan fingerprint density at radius 2 is 1.95 bits per heavy atom. The Morgan fingerprint density at radius 3 is 2.52 bits per heavy atom. The van der Waals surface area contributed by atoms with Gasteiger partial charge in [-0.15, -0.1) is 0 Å². The van der Waals surface area contributed by atoms with Crippen molar-refractivity contribution in [1.82, 2.24) is 5.32 Å². The van der Waals surface area contributed by atoms with Gasteiger partial charge in [0.05, 0.1) is 13.2 Å². The van der Waals surface area contributed by atoms with E-state index in [9.17, 15) is 0 Å². The zero-order valence-corrected chi connectivity index (χ0v) is 14.0. The lowest BCUT2D eigenvalue weighted by Crippen LogP contribution is -2.34. The fourth-order valence-electron chi connectivity index (χ4n) is 3.38. The Balaban J connectivity index is 2.03. The fourth-order valence-corrected chi connectivity index (χ4v) is 3.38. The van der Waals surface area contributed by atoms with E-state index in [0.717, 1.165) is 18.3 Å². The van der Waals surface area contributed by atoms with Crippen molar-refractivity contribution in [1.29, 1.82) is 0 Å². The Bertz CT molecular complexity index is 467. The molecule has 118 valence electrons. The predicted octanol–water partition coefficient (Wildman–Crippen LogP) is 3.78. The van der Waals surface area contributed by atoms with Gasteiger partial charge in [-0.1, -0.05) is 6.07 Å². The minimum Gasteiger partial charge on any atom is -0.496 e. The first-order valence-electron chi connectivity index (χ1n) is 8.03. The summed E-state index contributed by atoms with van der Waals surface area (Å²) < 4.78 is 11.1. The van der Waals surface area contributed by atoms with Crippen molar-refractivity contribution in [2.75, 3.05) is 20.8 Å². The third-order valence-corrected chi connectivity index (χ3v) is 4.67. The van der Waals surface area contributed by atoms with Gasteiger partial charge in [0.25, 0.3) is 0 Å². The molecule has 3 nitrogen and oxygen atoms in total. The number of hydrogen-bond acceptors (Lipinski definition) is 3. The lowest BCUT2D eigenvalue weighted by molar-refractivity contribution is -0.0289. The van der Waals surface area contributed by atoms with Gasteiger partial charge in [0, 0.05) is 12.6 Å². The van der Waals surface area contributed by atoms with Gasteiger partial charge in [-0.3, -0.25) is 0 Å². The first kappa shape index (κ1) is 16.3. The molecular formula is C18H29NO2. The molecule has 1 atom stereocenters. The summed E-state index contributed by atoms with van der Waals surface area (Å²) in [5.74, 6) is 1.76. The summed E-state index contributed by atoms with van der Waals surface area (Å²) in [6, 6.07) is 4.84. The van der Waals surface area contributed by atoms with Crippen LogP contribution in [0.3, 0.4) is 0 Å². The van der Waals surface area contributed by atoms with Crippen LogP contribution in [0.1, 0.15) is 48.9 Å². The molecule has 1 aromatic carbocycles. The minimum absolute atomic E-state index is 0.419. The molecule has 0 amide bonds. The van der Waals surface area contributed by atoms with Gasteiger partial charge in [-0.05, 0) is 75.8 Å². The second-order valence-electron chi connectivity index (χ2n) is 6.17. The molecule has 0 spiro atoms. The van der Waals surface area contributed by atoms with E-state index >= 15 is 0 Å². The van der Waals surface area contributed by atoms with E-state index < -0.39 is 0 Å². The molecule has 0 saturated heterocycles. The second-order valence-corrected chi connectivity index (χ2v) is 6.17. The number of nitrogens with one attached hydrogen (secondary N) is 1. The summed E-state index contributed by atoms with van der Waals surface area (Å²) in [5.41, 5.74) is 3.91. The molecule has 1 N–H and O–H groups in total. The van der Waals surface area contributed by atoms with Crippen molar-refractivity contribution in [3.63, 3.8) is 0 Å². The number of hydrogen-bond donors (Lipinski definition) is 1. The van der Waals surface area contributed by atoms with Crippen molar-refractivity contribution < 1.29 is 9.47 Å². The molecule has 0 bridgehead atoms. The highest BCUT2D eigenvalue weighted by Crippen LogP contribution is 2.38. The third-order valence-electron chi connectivity index (χ3n) is 4.67. The minimum atomic E-state index is 0.419. The molecule has 1 saturated carbocycles. The van der Waals surface area contributed by atoms with Crippen LogP contribution in [0.25, 0.3) is 0 Å². The molecule has 3 heteroatoms. The summed E-state index contributed by atoms with van der Waals surface area (Å²) >= 11 is 0. The molecule has 1 aliphatic carbocycles. The van der Waals surface area contributed by atoms with E-state index in [1.54, 1.807) is 7.11 Å². The molecule has 1 aromatic rings. The predicted molar refractivity (Wildman–Crippen MR) is 87.0 cm³/mol. The normalized spacial score (nSPS) is 22.7. The van der Waals surface area contributed by atoms with Crippen LogP contribution in [-0.2, 0) is 4.74 Å². The average molecular weight is 291 g/mol. The number of aryl methyl sites for hydroxylation is 2. The summed E-state index contributed by atoms with van der Waals surface area (Å²) in [6.45, 7) is 7.20. The monoisotopic (exact) mass is 291 g/mol. The molecule has 0 radical (unpaired) electrons. The van der Waals surface area contributed by atoms with Crippen LogP contribution in [0.5, 0.6) is 5.75 Å². The molecule has 0 heterocycles. The Morgan fingerprint density at radius 1 is 1.24 bits per heavy atom. The first-order valence-corrected chi connectivity index (χ1v) is 8.03. The van der Waals surface area contributed by atoms with Gasteiger partial charge in [0.15, 0.2) is 0 Å². The van der Waals surface area contributed by atoms with Crippen molar-refractivity contribution >= 4 is 0 Å². The first-order chi connectivity index (χ1) is 10.1. The molecule has 1 fully saturated rings. The topological polar surface area (TPSA) is 30.5 Å². The smallest absolute Gasteiger partial charge is 0.122 e. The maximum Gasteiger partial charge on any atom is 0.122 e. The molecule has 21 heavy (non-hydrogen) atoms. The largest absolute Gasteiger partial charge is 0.496 e. The molecule has 1 unspecified atom stereocenters. The highest BCUT2D eigenvalue weighted by Gasteiger charge is 2.31. The highest BCUT2D eigenvalue weighted by molar-refractivity contribution is 5.42. The maximum absolute atomic E-state index is 5.67. The van der Waals surface area contributed by atoms with Gasteiger partial charge >= 0.3 is 0 Å². The van der Waals surface area contributed by atoms with Crippen LogP contribution < -0.4 is 10.1 Å². The van der Waals surface area contributed by atoms with Gasteiger partial charge in [-0.2, -0.15) is 0 Å². The number of methoxy groups -OCH3 is 1. The van der Waals surface area contributed by atoms with E-state index in [2.05, 4.69) is 45.3 Å². The van der Waals surface area contributed by atoms with E-state index in [-0.39, 0.29) is 0 Å². The maximum atomic E-state index is 5.67. The van der Waals surface area contributed by atoms with E-state index in [0.29, 0.717) is 12.1 Å². The number of ether oxygens (including phenoxy) is 2. The lowest BCUT2D eigenvalue weighted by Gasteiger charge is -2.37. The van der Waals surface area contributed by atoms with Crippen LogP contribution in [0.2, 0.25) is 0 Å². The van der Waals surface area contributed by atoms with Gasteiger partial charge < -0.3 is 14.8 Å². The number of rotatable bonds is 7. The molecular weight excluding hydrogens is 262 g/mol. The molecule has 2 rings (SSSR count). The number of benzene rings is 1. The summed E-state index contributed by atoms with van der Waals surface area (Å²) in [4.78, 5) is 0. The second kappa shape index (κ2) is 7.28. The van der Waals surface area contributed by atoms with Crippen molar-refractivity contribution in [3.05, 3.63) is 28.8 Å². The molecule has 0 aromatic heterocycles. The van der Waals surface area contributed by atoms with Gasteiger partial charge in [0.1, 0.15) is 5.75 Å². The van der Waals surface area contributed by atoms with Crippen LogP contribution in [0.4, 0.5) is 0 Å². The molecule has 1 aliphatic rings. The Hall–Kier alpha value is -1.06. The van der Waals surface area contributed by atoms with Gasteiger partial charge in [-0.25, -0.2) is 0 Å². The third kappa shape index (κ3) is 3.78. The van der Waals surface area contributed by atoms with E-state index in [1.165, 1.54) is 36.0 Å². The zero-order chi connectivity index (χ0) is 15.4. The standard InChI is InChI=1S/C18H29NO2/c1-6-21-15-9-14(10-15)11-17(19-4)16-7-13(3)18(20-5)8-12(16)2/h7-8,14-15,17,19H,6,9-11H2,1-5H3. The summed E-state index contributed by atoms with van der Waals surface area (Å²) in [6.07, 6.45) is 4.10. The van der Waals surface area contributed by atoms with Crippen molar-refractivity contribution in [2.24, 2.45) is 5.92 Å². The van der Waals surface area contributed by atoms with Crippen LogP contribution in [0.15, 0.2) is 12.1 Å². The highest BCUT2D eigenvalue weighted by atomic mass is 16.5. The van der Waals surface area contributed by atoms with Crippen LogP contribution >= 0.6 is 0 Å². The van der Waals surface area contributed by atoms with E-state index in [4.69, 9.17) is 9.47 Å². The van der Waals surface area contributed by atoms with E-state index in [1.807, 2.05) is 0 Å². The molecule has 0 aliphatic heterocycles. The zero-order valence-electron chi connectivity index (χ0n) is 14.0. The van der Waals surface area contributed by atoms with Crippen molar-refractivity contribution in [3.8, 4) is 5.75 Å². The SMILES string of the molecule is CCOC1CC(CC(NC)c2cc(C)c(OC)cc2C)C1. The fraction of sp³-hybridized carbons (Fsp3) is 0.667. The Kier molecular flexibility index (Phi) is 5.65. The summed E-state index contributed by atoms with van der Waals surface area (Å²) in [5, 5.41) is 3.49. The summed E-state index contributed by atoms with van der Waals surface area (Å²) in [7, 11) is 3.79. The van der Waals surface area contributed by atoms with Gasteiger partial charge in [0.2, 0.25) is 0 Å². The Labute approximate surface area is 129 Å². The average Bonchev–Trinajstić information content (AvgIpc) is 2.43. The lowest BCUT2D eigenvalue weighted by atomic mass is 9.76. The quantitative estimate of drug-likeness (QED) is 0.829. The van der Waals surface area contributed by atoms with Crippen LogP contribution in [0, 0.1) is 19.8 Å². The van der Waals surface area contributed by atoms with Crippen molar-refractivity contribution in [2.45, 2.75) is 52.2 Å². The van der Waals surface area contributed by atoms with Crippen LogP contribution in [-0.4, -0.2) is 26.9 Å².